The van der Waals surface area contributed by atoms with Crippen LogP contribution in [0.1, 0.15) is 25.7 Å². The van der Waals surface area contributed by atoms with Gasteiger partial charge in [0, 0.05) is 29.3 Å². The van der Waals surface area contributed by atoms with E-state index < -0.39 is 0 Å². The van der Waals surface area contributed by atoms with E-state index in [1.54, 1.807) is 18.2 Å². The molecule has 2 N–H and O–H groups in total. The van der Waals surface area contributed by atoms with Gasteiger partial charge in [-0.2, -0.15) is 0 Å². The number of amides is 2. The Kier molecular flexibility index (Phi) is 5.14. The van der Waals surface area contributed by atoms with Crippen LogP contribution in [0.5, 0.6) is 11.5 Å². The minimum absolute atomic E-state index is 0.0451. The molecule has 2 aromatic carbocycles. The minimum atomic E-state index is -0.341. The first-order valence-corrected chi connectivity index (χ1v) is 9.35. The molecule has 0 radical (unpaired) electrons. The third-order valence-corrected chi connectivity index (χ3v) is 5.22. The van der Waals surface area contributed by atoms with Gasteiger partial charge in [0.2, 0.25) is 18.6 Å². The standard InChI is InChI=1S/C21H21FN2O4/c22-15-5-7-16(8-6-15)23-20(25)13-1-3-14(4-2-13)21(26)24-17-9-10-18-19(11-17)28-12-27-18/h5-11,13-14H,1-4,12H2,(H,23,25)(H,24,26). The molecular weight excluding hydrogens is 363 g/mol. The number of nitrogens with one attached hydrogen (secondary N) is 2. The topological polar surface area (TPSA) is 76.7 Å². The highest BCUT2D eigenvalue weighted by molar-refractivity contribution is 5.94. The Bertz CT molecular complexity index is 876. The van der Waals surface area contributed by atoms with Gasteiger partial charge in [0.05, 0.1) is 0 Å². The quantitative estimate of drug-likeness (QED) is 0.837. The first-order valence-electron chi connectivity index (χ1n) is 9.35. The SMILES string of the molecule is O=C(Nc1ccc(F)cc1)C1CCC(C(=O)Nc2ccc3c(c2)OCO3)CC1. The van der Waals surface area contributed by atoms with E-state index in [1.165, 1.54) is 24.3 Å². The van der Waals surface area contributed by atoms with Gasteiger partial charge in [-0.25, -0.2) is 4.39 Å². The summed E-state index contributed by atoms with van der Waals surface area (Å²) in [5.41, 5.74) is 1.25. The number of halogens is 1. The third kappa shape index (κ3) is 4.08. The summed E-state index contributed by atoms with van der Waals surface area (Å²) in [6.07, 6.45) is 2.59. The lowest BCUT2D eigenvalue weighted by Gasteiger charge is -2.27. The maximum Gasteiger partial charge on any atom is 0.231 e. The van der Waals surface area contributed by atoms with Crippen molar-refractivity contribution in [3.63, 3.8) is 0 Å². The fraction of sp³-hybridized carbons (Fsp3) is 0.333. The summed E-state index contributed by atoms with van der Waals surface area (Å²) >= 11 is 0. The summed E-state index contributed by atoms with van der Waals surface area (Å²) in [4.78, 5) is 24.9. The Morgan fingerprint density at radius 1 is 0.786 bits per heavy atom. The van der Waals surface area contributed by atoms with E-state index in [9.17, 15) is 14.0 Å². The maximum atomic E-state index is 13.0. The van der Waals surface area contributed by atoms with E-state index in [0.29, 0.717) is 48.6 Å². The van der Waals surface area contributed by atoms with Crippen molar-refractivity contribution in [2.45, 2.75) is 25.7 Å². The monoisotopic (exact) mass is 384 g/mol. The van der Waals surface area contributed by atoms with Gasteiger partial charge in [-0.05, 0) is 62.1 Å². The van der Waals surface area contributed by atoms with Gasteiger partial charge < -0.3 is 20.1 Å². The van der Waals surface area contributed by atoms with Crippen molar-refractivity contribution in [1.82, 2.24) is 0 Å². The number of benzene rings is 2. The number of rotatable bonds is 4. The second kappa shape index (κ2) is 7.88. The van der Waals surface area contributed by atoms with Crippen LogP contribution in [0.3, 0.4) is 0 Å². The van der Waals surface area contributed by atoms with E-state index in [-0.39, 0.29) is 36.3 Å². The summed E-state index contributed by atoms with van der Waals surface area (Å²) in [5.74, 6) is 0.564. The van der Waals surface area contributed by atoms with Gasteiger partial charge in [0.15, 0.2) is 11.5 Å². The van der Waals surface area contributed by atoms with Crippen LogP contribution < -0.4 is 20.1 Å². The molecule has 1 saturated carbocycles. The molecule has 7 heteroatoms. The lowest BCUT2D eigenvalue weighted by Crippen LogP contribution is -2.32. The molecule has 28 heavy (non-hydrogen) atoms. The number of carbonyl (C=O) groups excluding carboxylic acids is 2. The second-order valence-electron chi connectivity index (χ2n) is 7.10. The number of anilines is 2. The fourth-order valence-corrected chi connectivity index (χ4v) is 3.61. The number of fused-ring (bicyclic) bond motifs is 1. The predicted octanol–water partition coefficient (Wildman–Crippen LogP) is 3.94. The zero-order valence-corrected chi connectivity index (χ0v) is 15.2. The molecule has 0 spiro atoms. The van der Waals surface area contributed by atoms with E-state index in [0.717, 1.165) is 0 Å². The highest BCUT2D eigenvalue weighted by Gasteiger charge is 2.30. The van der Waals surface area contributed by atoms with Gasteiger partial charge >= 0.3 is 0 Å². The zero-order valence-electron chi connectivity index (χ0n) is 15.2. The number of hydrogen-bond donors (Lipinski definition) is 2. The Morgan fingerprint density at radius 2 is 1.32 bits per heavy atom. The van der Waals surface area contributed by atoms with Gasteiger partial charge in [-0.15, -0.1) is 0 Å². The van der Waals surface area contributed by atoms with Gasteiger partial charge in [0.25, 0.3) is 0 Å². The van der Waals surface area contributed by atoms with Crippen molar-refractivity contribution in [2.75, 3.05) is 17.4 Å². The molecule has 2 aromatic rings. The number of ether oxygens (including phenoxy) is 2. The van der Waals surface area contributed by atoms with Crippen LogP contribution in [0.4, 0.5) is 15.8 Å². The normalized spacial score (nSPS) is 20.5. The Balaban J connectivity index is 1.28. The fourth-order valence-electron chi connectivity index (χ4n) is 3.61. The molecule has 0 bridgehead atoms. The van der Waals surface area contributed by atoms with Crippen molar-refractivity contribution < 1.29 is 23.5 Å². The van der Waals surface area contributed by atoms with Crippen LogP contribution in [0.25, 0.3) is 0 Å². The van der Waals surface area contributed by atoms with Crippen molar-refractivity contribution in [3.8, 4) is 11.5 Å². The molecule has 0 atom stereocenters. The largest absolute Gasteiger partial charge is 0.454 e. The number of carbonyl (C=O) groups is 2. The third-order valence-electron chi connectivity index (χ3n) is 5.22. The van der Waals surface area contributed by atoms with Gasteiger partial charge in [-0.1, -0.05) is 0 Å². The van der Waals surface area contributed by atoms with Gasteiger partial charge in [0.1, 0.15) is 5.82 Å². The molecule has 1 aliphatic carbocycles. The lowest BCUT2D eigenvalue weighted by molar-refractivity contribution is -0.125. The first-order chi connectivity index (χ1) is 13.6. The van der Waals surface area contributed by atoms with Crippen molar-refractivity contribution >= 4 is 23.2 Å². The highest BCUT2D eigenvalue weighted by Crippen LogP contribution is 2.35. The molecule has 2 aliphatic rings. The van der Waals surface area contributed by atoms with E-state index in [2.05, 4.69) is 10.6 Å². The molecular formula is C21H21FN2O4. The Labute approximate surface area is 162 Å². The summed E-state index contributed by atoms with van der Waals surface area (Å²) in [7, 11) is 0. The molecule has 4 rings (SSSR count). The van der Waals surface area contributed by atoms with Crippen molar-refractivity contribution in [2.24, 2.45) is 11.8 Å². The molecule has 2 amide bonds. The van der Waals surface area contributed by atoms with Crippen LogP contribution in [-0.4, -0.2) is 18.6 Å². The van der Waals surface area contributed by atoms with Crippen molar-refractivity contribution in [1.29, 1.82) is 0 Å². The minimum Gasteiger partial charge on any atom is -0.454 e. The Morgan fingerprint density at radius 3 is 1.96 bits per heavy atom. The zero-order chi connectivity index (χ0) is 19.5. The van der Waals surface area contributed by atoms with Crippen LogP contribution in [0.15, 0.2) is 42.5 Å². The average Bonchev–Trinajstić information content (AvgIpc) is 3.17. The summed E-state index contributed by atoms with van der Waals surface area (Å²) in [6.45, 7) is 0.191. The predicted molar refractivity (Wildman–Crippen MR) is 102 cm³/mol. The molecule has 0 saturated heterocycles. The van der Waals surface area contributed by atoms with Crippen molar-refractivity contribution in [3.05, 3.63) is 48.3 Å². The van der Waals surface area contributed by atoms with Gasteiger partial charge in [-0.3, -0.25) is 9.59 Å². The summed E-state index contributed by atoms with van der Waals surface area (Å²) in [6, 6.07) is 11.0. The highest BCUT2D eigenvalue weighted by atomic mass is 19.1. The lowest BCUT2D eigenvalue weighted by atomic mass is 9.81. The van der Waals surface area contributed by atoms with Crippen LogP contribution >= 0.6 is 0 Å². The van der Waals surface area contributed by atoms with E-state index >= 15 is 0 Å². The first kappa shape index (κ1) is 18.3. The molecule has 1 heterocycles. The average molecular weight is 384 g/mol. The molecule has 1 aliphatic heterocycles. The molecule has 6 nitrogen and oxygen atoms in total. The smallest absolute Gasteiger partial charge is 0.231 e. The number of hydrogen-bond acceptors (Lipinski definition) is 4. The van der Waals surface area contributed by atoms with E-state index in [1.807, 2.05) is 0 Å². The molecule has 146 valence electrons. The Hall–Kier alpha value is -3.09. The second-order valence-corrected chi connectivity index (χ2v) is 7.10. The maximum absolute atomic E-state index is 13.0. The van der Waals surface area contributed by atoms with Crippen LogP contribution in [-0.2, 0) is 9.59 Å². The van der Waals surface area contributed by atoms with E-state index in [4.69, 9.17) is 9.47 Å². The molecule has 0 aromatic heterocycles. The molecule has 1 fully saturated rings. The van der Waals surface area contributed by atoms with Crippen LogP contribution in [0.2, 0.25) is 0 Å². The molecule has 0 unspecified atom stereocenters. The summed E-state index contributed by atoms with van der Waals surface area (Å²) in [5, 5.41) is 5.73. The summed E-state index contributed by atoms with van der Waals surface area (Å²) < 4.78 is 23.5. The van der Waals surface area contributed by atoms with Crippen LogP contribution in [0, 0.1) is 17.7 Å².